The predicted molar refractivity (Wildman–Crippen MR) is 155 cm³/mol. The van der Waals surface area contributed by atoms with E-state index in [-0.39, 0.29) is 5.97 Å². The van der Waals surface area contributed by atoms with Gasteiger partial charge in [-0.2, -0.15) is 13.2 Å². The number of fused-ring (bicyclic) bond motifs is 2. The third kappa shape index (κ3) is 8.88. The van der Waals surface area contributed by atoms with Gasteiger partial charge in [-0.15, -0.1) is 0 Å². The number of rotatable bonds is 14. The maximum atomic E-state index is 13.5. The normalized spacial score (nSPS) is 16.1. The molecule has 0 aliphatic carbocycles. The first-order chi connectivity index (χ1) is 19.3. The van der Waals surface area contributed by atoms with Gasteiger partial charge in [-0.05, 0) is 49.7 Å². The second-order valence-electron chi connectivity index (χ2n) is 10.7. The number of benzene rings is 2. The van der Waals surface area contributed by atoms with Crippen LogP contribution in [0, 0.1) is 0 Å². The molecule has 2 aliphatic heterocycles. The molecule has 2 aliphatic rings. The molecular weight excluding hydrogens is 535 g/mol. The standard InChI is InChI=1S/C31H42F3N3O2S/c1-2-3-4-5-6-7-13-30(38)39-23-22-36-20-18-35(19-21-36)16-10-17-37-26-11-8-9-12-28(26)40-29-15-14-25(24-27(29)37)31(32,33)34/h8-9,11-12,14-15,24H,2-7,10,13,16-23H2,1H3. The maximum absolute atomic E-state index is 13.5. The van der Waals surface area contributed by atoms with Crippen LogP contribution < -0.4 is 4.90 Å². The lowest BCUT2D eigenvalue weighted by Gasteiger charge is -2.36. The smallest absolute Gasteiger partial charge is 0.416 e. The van der Waals surface area contributed by atoms with E-state index in [2.05, 4.69) is 16.7 Å². The Hall–Kier alpha value is -2.23. The van der Waals surface area contributed by atoms with Crippen molar-refractivity contribution >= 4 is 29.1 Å². The Morgan fingerprint density at radius 3 is 2.25 bits per heavy atom. The van der Waals surface area contributed by atoms with Crippen molar-refractivity contribution in [2.45, 2.75) is 74.3 Å². The Labute approximate surface area is 241 Å². The van der Waals surface area contributed by atoms with E-state index in [0.29, 0.717) is 25.3 Å². The molecular formula is C31H42F3N3O2S. The van der Waals surface area contributed by atoms with Gasteiger partial charge in [-0.25, -0.2) is 0 Å². The van der Waals surface area contributed by atoms with Gasteiger partial charge in [-0.1, -0.05) is 62.9 Å². The highest BCUT2D eigenvalue weighted by molar-refractivity contribution is 7.99. The molecule has 0 saturated carbocycles. The quantitative estimate of drug-likeness (QED) is 0.170. The summed E-state index contributed by atoms with van der Waals surface area (Å²) in [5.74, 6) is -0.0873. The zero-order valence-corrected chi connectivity index (χ0v) is 24.4. The molecule has 0 atom stereocenters. The number of anilines is 2. The van der Waals surface area contributed by atoms with Crippen LogP contribution in [0.4, 0.5) is 24.5 Å². The topological polar surface area (TPSA) is 36.0 Å². The van der Waals surface area contributed by atoms with Gasteiger partial charge in [-0.3, -0.25) is 9.69 Å². The number of piperazine rings is 1. The fourth-order valence-corrected chi connectivity index (χ4v) is 6.42. The molecule has 0 N–H and O–H groups in total. The fourth-order valence-electron chi connectivity index (χ4n) is 5.35. The minimum Gasteiger partial charge on any atom is -0.464 e. The van der Waals surface area contributed by atoms with Crippen LogP contribution in [0.15, 0.2) is 52.3 Å². The molecule has 1 saturated heterocycles. The Kier molecular flexibility index (Phi) is 11.6. The number of unbranched alkanes of at least 4 members (excludes halogenated alkanes) is 5. The number of para-hydroxylation sites is 1. The summed E-state index contributed by atoms with van der Waals surface area (Å²) in [6, 6.07) is 12.0. The molecule has 2 heterocycles. The Morgan fingerprint density at radius 2 is 1.50 bits per heavy atom. The van der Waals surface area contributed by atoms with Crippen LogP contribution >= 0.6 is 11.8 Å². The van der Waals surface area contributed by atoms with Crippen molar-refractivity contribution in [3.8, 4) is 0 Å². The lowest BCUT2D eigenvalue weighted by atomic mass is 10.1. The molecule has 2 aromatic rings. The average Bonchev–Trinajstić information content (AvgIpc) is 2.94. The fraction of sp³-hybridized carbons (Fsp3) is 0.581. The summed E-state index contributed by atoms with van der Waals surface area (Å²) in [5, 5.41) is 0. The lowest BCUT2D eigenvalue weighted by molar-refractivity contribution is -0.144. The van der Waals surface area contributed by atoms with Gasteiger partial charge in [0.25, 0.3) is 0 Å². The lowest BCUT2D eigenvalue weighted by Crippen LogP contribution is -2.47. The van der Waals surface area contributed by atoms with Crippen molar-refractivity contribution in [3.63, 3.8) is 0 Å². The van der Waals surface area contributed by atoms with Crippen molar-refractivity contribution in [1.82, 2.24) is 9.80 Å². The van der Waals surface area contributed by atoms with Gasteiger partial charge in [0.05, 0.1) is 16.9 Å². The van der Waals surface area contributed by atoms with E-state index in [1.807, 2.05) is 29.2 Å². The number of nitrogens with zero attached hydrogens (tertiary/aromatic N) is 3. The zero-order chi connectivity index (χ0) is 28.4. The molecule has 0 aromatic heterocycles. The van der Waals surface area contributed by atoms with E-state index >= 15 is 0 Å². The Balaban J connectivity index is 1.18. The van der Waals surface area contributed by atoms with Gasteiger partial charge < -0.3 is 14.5 Å². The summed E-state index contributed by atoms with van der Waals surface area (Å²) in [6.07, 6.45) is 3.96. The number of hydrogen-bond acceptors (Lipinski definition) is 6. The van der Waals surface area contributed by atoms with Crippen molar-refractivity contribution in [2.24, 2.45) is 0 Å². The Bertz CT molecular complexity index is 1090. The third-order valence-corrected chi connectivity index (χ3v) is 8.81. The van der Waals surface area contributed by atoms with E-state index in [9.17, 15) is 18.0 Å². The van der Waals surface area contributed by atoms with Crippen molar-refractivity contribution in [2.75, 3.05) is 57.3 Å². The highest BCUT2D eigenvalue weighted by Gasteiger charge is 2.33. The molecule has 0 radical (unpaired) electrons. The van der Waals surface area contributed by atoms with E-state index < -0.39 is 11.7 Å². The average molecular weight is 578 g/mol. The minimum atomic E-state index is -4.37. The van der Waals surface area contributed by atoms with Crippen molar-refractivity contribution in [3.05, 3.63) is 48.0 Å². The first-order valence-corrected chi connectivity index (χ1v) is 15.5. The molecule has 0 unspecified atom stereocenters. The first-order valence-electron chi connectivity index (χ1n) is 14.7. The van der Waals surface area contributed by atoms with Crippen LogP contribution in [-0.4, -0.2) is 68.2 Å². The highest BCUT2D eigenvalue weighted by Crippen LogP contribution is 2.49. The van der Waals surface area contributed by atoms with Gasteiger partial charge in [0, 0.05) is 55.5 Å². The van der Waals surface area contributed by atoms with Crippen LogP contribution in [0.2, 0.25) is 0 Å². The van der Waals surface area contributed by atoms with Crippen LogP contribution in [-0.2, 0) is 15.7 Å². The van der Waals surface area contributed by atoms with E-state index in [1.54, 1.807) is 6.07 Å². The molecule has 5 nitrogen and oxygen atoms in total. The van der Waals surface area contributed by atoms with Gasteiger partial charge >= 0.3 is 12.1 Å². The van der Waals surface area contributed by atoms with Crippen molar-refractivity contribution in [1.29, 1.82) is 0 Å². The second kappa shape index (κ2) is 15.1. The number of alkyl halides is 3. The molecule has 220 valence electrons. The molecule has 0 spiro atoms. The van der Waals surface area contributed by atoms with Gasteiger partial charge in [0.2, 0.25) is 0 Å². The van der Waals surface area contributed by atoms with Crippen LogP contribution in [0.1, 0.15) is 63.9 Å². The monoisotopic (exact) mass is 577 g/mol. The number of carbonyl (C=O) groups is 1. The minimum absolute atomic E-state index is 0.0873. The van der Waals surface area contributed by atoms with Gasteiger partial charge in [0.15, 0.2) is 0 Å². The molecule has 40 heavy (non-hydrogen) atoms. The number of esters is 1. The molecule has 2 aromatic carbocycles. The van der Waals surface area contributed by atoms with E-state index in [0.717, 1.165) is 74.0 Å². The van der Waals surface area contributed by atoms with Crippen LogP contribution in [0.3, 0.4) is 0 Å². The zero-order valence-electron chi connectivity index (χ0n) is 23.6. The largest absolute Gasteiger partial charge is 0.464 e. The van der Waals surface area contributed by atoms with Crippen molar-refractivity contribution < 1.29 is 22.7 Å². The molecule has 4 rings (SSSR count). The summed E-state index contributed by atoms with van der Waals surface area (Å²) >= 11 is 1.53. The number of carbonyl (C=O) groups excluding carboxylic acids is 1. The second-order valence-corrected chi connectivity index (χ2v) is 11.8. The summed E-state index contributed by atoms with van der Waals surface area (Å²) < 4.78 is 45.8. The SMILES string of the molecule is CCCCCCCCC(=O)OCCN1CCN(CCCN2c3ccccc3Sc3ccc(C(F)(F)F)cc32)CC1. The predicted octanol–water partition coefficient (Wildman–Crippen LogP) is 7.61. The molecule has 9 heteroatoms. The van der Waals surface area contributed by atoms with Gasteiger partial charge in [0.1, 0.15) is 6.61 Å². The highest BCUT2D eigenvalue weighted by atomic mass is 32.2. The molecule has 0 amide bonds. The summed E-state index contributed by atoms with van der Waals surface area (Å²) in [6.45, 7) is 8.68. The summed E-state index contributed by atoms with van der Waals surface area (Å²) in [7, 11) is 0. The van der Waals surface area contributed by atoms with Crippen LogP contribution in [0.5, 0.6) is 0 Å². The maximum Gasteiger partial charge on any atom is 0.416 e. The molecule has 1 fully saturated rings. The van der Waals surface area contributed by atoms with Crippen LogP contribution in [0.25, 0.3) is 0 Å². The number of halogens is 3. The first kappa shape index (κ1) is 30.7. The van der Waals surface area contributed by atoms with E-state index in [1.165, 1.54) is 49.6 Å². The number of hydrogen-bond donors (Lipinski definition) is 0. The Morgan fingerprint density at radius 1 is 0.825 bits per heavy atom. The van der Waals surface area contributed by atoms with E-state index in [4.69, 9.17) is 4.74 Å². The number of ether oxygens (including phenoxy) is 1. The molecule has 0 bridgehead atoms. The summed E-state index contributed by atoms with van der Waals surface area (Å²) in [4.78, 5) is 20.7. The third-order valence-electron chi connectivity index (χ3n) is 7.68. The summed E-state index contributed by atoms with van der Waals surface area (Å²) in [5.41, 5.74) is 0.991.